The van der Waals surface area contributed by atoms with E-state index in [0.717, 1.165) is 38.4 Å². The van der Waals surface area contributed by atoms with E-state index in [0.29, 0.717) is 6.04 Å². The summed E-state index contributed by atoms with van der Waals surface area (Å²) in [7, 11) is 0. The lowest BCUT2D eigenvalue weighted by Gasteiger charge is -2.33. The van der Waals surface area contributed by atoms with Gasteiger partial charge in [-0.05, 0) is 51.1 Å². The molecule has 4 heteroatoms. The standard InChI is InChI=1S/C12H21N3O/c13-11(16)12(14-8-9-3-4-9)5-7-15-6-1-2-10(12)15/h9-10,14H,1-8H2,(H2,13,16). The number of nitrogens with one attached hydrogen (secondary N) is 1. The average Bonchev–Trinajstić information content (AvgIpc) is 2.84. The second-order valence-corrected chi connectivity index (χ2v) is 5.60. The third-order valence-corrected chi connectivity index (χ3v) is 4.57. The van der Waals surface area contributed by atoms with Crippen LogP contribution in [0.15, 0.2) is 0 Å². The number of hydrogen-bond donors (Lipinski definition) is 2. The first-order valence-electron chi connectivity index (χ1n) is 6.51. The van der Waals surface area contributed by atoms with Crippen molar-refractivity contribution < 1.29 is 4.79 Å². The topological polar surface area (TPSA) is 58.4 Å². The fourth-order valence-corrected chi connectivity index (χ4v) is 3.37. The molecule has 0 spiro atoms. The van der Waals surface area contributed by atoms with Crippen molar-refractivity contribution in [2.75, 3.05) is 19.6 Å². The van der Waals surface area contributed by atoms with Gasteiger partial charge in [-0.2, -0.15) is 0 Å². The molecule has 0 bridgehead atoms. The largest absolute Gasteiger partial charge is 0.368 e. The lowest BCUT2D eigenvalue weighted by molar-refractivity contribution is -0.125. The van der Waals surface area contributed by atoms with Crippen molar-refractivity contribution in [2.45, 2.75) is 43.7 Å². The summed E-state index contributed by atoms with van der Waals surface area (Å²) in [6, 6.07) is 0.365. The zero-order chi connectivity index (χ0) is 11.2. The molecule has 2 saturated heterocycles. The van der Waals surface area contributed by atoms with Crippen LogP contribution in [0.2, 0.25) is 0 Å². The van der Waals surface area contributed by atoms with E-state index in [9.17, 15) is 4.79 Å². The zero-order valence-corrected chi connectivity index (χ0v) is 9.74. The molecular weight excluding hydrogens is 202 g/mol. The highest BCUT2D eigenvalue weighted by molar-refractivity contribution is 5.86. The van der Waals surface area contributed by atoms with Gasteiger partial charge in [0.05, 0.1) is 0 Å². The van der Waals surface area contributed by atoms with E-state index < -0.39 is 5.54 Å². The number of nitrogens with two attached hydrogens (primary N) is 1. The number of rotatable bonds is 4. The number of fused-ring (bicyclic) bond motifs is 1. The Morgan fingerprint density at radius 3 is 2.88 bits per heavy atom. The summed E-state index contributed by atoms with van der Waals surface area (Å²) < 4.78 is 0. The van der Waals surface area contributed by atoms with E-state index in [-0.39, 0.29) is 5.91 Å². The Labute approximate surface area is 96.5 Å². The molecule has 4 nitrogen and oxygen atoms in total. The van der Waals surface area contributed by atoms with Gasteiger partial charge in [0.15, 0.2) is 0 Å². The molecule has 90 valence electrons. The predicted molar refractivity (Wildman–Crippen MR) is 61.9 cm³/mol. The van der Waals surface area contributed by atoms with Crippen LogP contribution >= 0.6 is 0 Å². The molecule has 2 atom stereocenters. The summed E-state index contributed by atoms with van der Waals surface area (Å²) in [6.45, 7) is 3.16. The van der Waals surface area contributed by atoms with Crippen LogP contribution in [0, 0.1) is 5.92 Å². The van der Waals surface area contributed by atoms with Gasteiger partial charge >= 0.3 is 0 Å². The number of primary amides is 1. The number of carbonyl (C=O) groups is 1. The van der Waals surface area contributed by atoms with E-state index in [1.165, 1.54) is 19.3 Å². The Kier molecular flexibility index (Phi) is 2.44. The summed E-state index contributed by atoms with van der Waals surface area (Å²) in [5.74, 6) is 0.661. The predicted octanol–water partition coefficient (Wildman–Crippen LogP) is 0.0782. The quantitative estimate of drug-likeness (QED) is 0.709. The van der Waals surface area contributed by atoms with Crippen LogP contribution in [0.25, 0.3) is 0 Å². The maximum Gasteiger partial charge on any atom is 0.239 e. The van der Waals surface area contributed by atoms with Crippen LogP contribution in [-0.2, 0) is 4.79 Å². The molecule has 0 aromatic heterocycles. The van der Waals surface area contributed by atoms with Crippen LogP contribution in [0.5, 0.6) is 0 Å². The molecule has 3 fully saturated rings. The van der Waals surface area contributed by atoms with E-state index in [1.807, 2.05) is 0 Å². The molecule has 3 rings (SSSR count). The molecule has 3 N–H and O–H groups in total. The van der Waals surface area contributed by atoms with Crippen molar-refractivity contribution in [3.63, 3.8) is 0 Å². The minimum absolute atomic E-state index is 0.137. The van der Waals surface area contributed by atoms with E-state index in [1.54, 1.807) is 0 Å². The molecule has 16 heavy (non-hydrogen) atoms. The summed E-state index contributed by atoms with van der Waals surface area (Å²) in [4.78, 5) is 14.3. The van der Waals surface area contributed by atoms with Gasteiger partial charge in [0.1, 0.15) is 5.54 Å². The SMILES string of the molecule is NC(=O)C1(NCC2CC2)CCN2CCCC21. The molecular formula is C12H21N3O. The van der Waals surface area contributed by atoms with Crippen molar-refractivity contribution >= 4 is 5.91 Å². The second kappa shape index (κ2) is 3.70. The van der Waals surface area contributed by atoms with Gasteiger partial charge in [-0.1, -0.05) is 0 Å². The summed E-state index contributed by atoms with van der Waals surface area (Å²) >= 11 is 0. The number of hydrogen-bond acceptors (Lipinski definition) is 3. The number of nitrogens with zero attached hydrogens (tertiary/aromatic N) is 1. The third kappa shape index (κ3) is 1.55. The highest BCUT2D eigenvalue weighted by atomic mass is 16.1. The van der Waals surface area contributed by atoms with Crippen molar-refractivity contribution in [3.8, 4) is 0 Å². The van der Waals surface area contributed by atoms with Crippen LogP contribution < -0.4 is 11.1 Å². The molecule has 1 amide bonds. The van der Waals surface area contributed by atoms with Gasteiger partial charge in [0, 0.05) is 12.6 Å². The average molecular weight is 223 g/mol. The van der Waals surface area contributed by atoms with Crippen molar-refractivity contribution in [1.82, 2.24) is 10.2 Å². The van der Waals surface area contributed by atoms with Gasteiger partial charge < -0.3 is 11.1 Å². The van der Waals surface area contributed by atoms with Gasteiger partial charge in [-0.25, -0.2) is 0 Å². The Morgan fingerprint density at radius 1 is 1.38 bits per heavy atom. The maximum absolute atomic E-state index is 11.8. The molecule has 3 aliphatic rings. The molecule has 2 heterocycles. The van der Waals surface area contributed by atoms with E-state index >= 15 is 0 Å². The van der Waals surface area contributed by atoms with Crippen molar-refractivity contribution in [3.05, 3.63) is 0 Å². The molecule has 2 aliphatic heterocycles. The van der Waals surface area contributed by atoms with Crippen LogP contribution in [0.1, 0.15) is 32.1 Å². The fraction of sp³-hybridized carbons (Fsp3) is 0.917. The van der Waals surface area contributed by atoms with Gasteiger partial charge in [0.25, 0.3) is 0 Å². The van der Waals surface area contributed by atoms with E-state index in [2.05, 4.69) is 10.2 Å². The normalized spacial score (nSPS) is 38.9. The van der Waals surface area contributed by atoms with Crippen LogP contribution in [0.4, 0.5) is 0 Å². The first kappa shape index (κ1) is 10.5. The van der Waals surface area contributed by atoms with E-state index in [4.69, 9.17) is 5.73 Å². The first-order valence-corrected chi connectivity index (χ1v) is 6.51. The Balaban J connectivity index is 1.75. The molecule has 2 unspecified atom stereocenters. The Bertz CT molecular complexity index is 303. The molecule has 0 radical (unpaired) electrons. The zero-order valence-electron chi connectivity index (χ0n) is 9.74. The summed E-state index contributed by atoms with van der Waals surface area (Å²) in [5, 5.41) is 3.51. The lowest BCUT2D eigenvalue weighted by Crippen LogP contribution is -2.61. The van der Waals surface area contributed by atoms with Gasteiger partial charge in [-0.3, -0.25) is 9.69 Å². The molecule has 1 saturated carbocycles. The smallest absolute Gasteiger partial charge is 0.239 e. The monoisotopic (exact) mass is 223 g/mol. The number of carbonyl (C=O) groups excluding carboxylic acids is 1. The first-order chi connectivity index (χ1) is 7.72. The molecule has 0 aromatic rings. The lowest BCUT2D eigenvalue weighted by atomic mass is 9.87. The summed E-state index contributed by atoms with van der Waals surface area (Å²) in [5.41, 5.74) is 5.25. The highest BCUT2D eigenvalue weighted by Crippen LogP contribution is 2.37. The second-order valence-electron chi connectivity index (χ2n) is 5.60. The van der Waals surface area contributed by atoms with Gasteiger partial charge in [-0.15, -0.1) is 0 Å². The van der Waals surface area contributed by atoms with Gasteiger partial charge in [0.2, 0.25) is 5.91 Å². The number of amides is 1. The van der Waals surface area contributed by atoms with Crippen molar-refractivity contribution in [2.24, 2.45) is 11.7 Å². The minimum Gasteiger partial charge on any atom is -0.368 e. The Morgan fingerprint density at radius 2 is 2.19 bits per heavy atom. The summed E-state index contributed by atoms with van der Waals surface area (Å²) in [6.07, 6.45) is 5.87. The molecule has 0 aromatic carbocycles. The maximum atomic E-state index is 11.8. The minimum atomic E-state index is -0.418. The third-order valence-electron chi connectivity index (χ3n) is 4.57. The highest BCUT2D eigenvalue weighted by Gasteiger charge is 2.53. The van der Waals surface area contributed by atoms with Crippen LogP contribution in [-0.4, -0.2) is 42.0 Å². The Hall–Kier alpha value is -0.610. The molecule has 1 aliphatic carbocycles. The van der Waals surface area contributed by atoms with Crippen molar-refractivity contribution in [1.29, 1.82) is 0 Å². The fourth-order valence-electron chi connectivity index (χ4n) is 3.37. The van der Waals surface area contributed by atoms with Crippen LogP contribution in [0.3, 0.4) is 0 Å².